The number of anilines is 1. The van der Waals surface area contributed by atoms with Gasteiger partial charge in [0.2, 0.25) is 0 Å². The van der Waals surface area contributed by atoms with Crippen LogP contribution in [0.2, 0.25) is 5.02 Å². The first-order valence-corrected chi connectivity index (χ1v) is 6.89. The highest BCUT2D eigenvalue weighted by molar-refractivity contribution is 7.80. The Morgan fingerprint density at radius 3 is 2.79 bits per heavy atom. The molecule has 0 aliphatic carbocycles. The molecule has 0 saturated carbocycles. The Kier molecular flexibility index (Phi) is 7.22. The van der Waals surface area contributed by atoms with Gasteiger partial charge in [0.1, 0.15) is 0 Å². The van der Waals surface area contributed by atoms with Crippen LogP contribution in [-0.2, 0) is 4.79 Å². The van der Waals surface area contributed by atoms with Gasteiger partial charge >= 0.3 is 5.97 Å². The van der Waals surface area contributed by atoms with Crippen LogP contribution in [0.5, 0.6) is 0 Å². The third-order valence-corrected chi connectivity index (χ3v) is 2.92. The van der Waals surface area contributed by atoms with Gasteiger partial charge in [-0.15, -0.1) is 0 Å². The summed E-state index contributed by atoms with van der Waals surface area (Å²) in [5.41, 5.74) is 0.843. The lowest BCUT2D eigenvalue weighted by atomic mass is 10.2. The lowest BCUT2D eigenvalue weighted by molar-refractivity contribution is -0.137. The number of hydrogen-bond acceptors (Lipinski definition) is 2. The fraction of sp³-hybridized carbons (Fsp3) is 0.385. The van der Waals surface area contributed by atoms with Gasteiger partial charge in [0.05, 0.1) is 0 Å². The van der Waals surface area contributed by atoms with Crippen molar-refractivity contribution in [3.63, 3.8) is 0 Å². The number of thiocarbonyl (C=S) groups is 1. The van der Waals surface area contributed by atoms with Gasteiger partial charge < -0.3 is 15.7 Å². The first kappa shape index (κ1) is 15.7. The van der Waals surface area contributed by atoms with E-state index in [1.54, 1.807) is 12.1 Å². The maximum Gasteiger partial charge on any atom is 0.303 e. The zero-order valence-corrected chi connectivity index (χ0v) is 12.1. The van der Waals surface area contributed by atoms with E-state index in [2.05, 4.69) is 10.6 Å². The first-order valence-electron chi connectivity index (χ1n) is 6.10. The summed E-state index contributed by atoms with van der Waals surface area (Å²) in [6.07, 6.45) is 2.69. The Bertz CT molecular complexity index is 440. The zero-order valence-electron chi connectivity index (χ0n) is 10.5. The largest absolute Gasteiger partial charge is 0.481 e. The molecular formula is C13H17ClN2O2S. The quantitative estimate of drug-likeness (QED) is 0.533. The highest BCUT2D eigenvalue weighted by Crippen LogP contribution is 2.14. The minimum Gasteiger partial charge on any atom is -0.481 e. The van der Waals surface area contributed by atoms with Crippen molar-refractivity contribution in [3.05, 3.63) is 29.3 Å². The molecule has 0 fully saturated rings. The fourth-order valence-corrected chi connectivity index (χ4v) is 1.93. The molecule has 0 bridgehead atoms. The van der Waals surface area contributed by atoms with Crippen LogP contribution in [0.4, 0.5) is 5.69 Å². The summed E-state index contributed by atoms with van der Waals surface area (Å²) in [5.74, 6) is -0.744. The Balaban J connectivity index is 2.13. The molecule has 1 aromatic rings. The lowest BCUT2D eigenvalue weighted by Gasteiger charge is -2.10. The Morgan fingerprint density at radius 1 is 1.32 bits per heavy atom. The number of halogens is 1. The predicted molar refractivity (Wildman–Crippen MR) is 81.8 cm³/mol. The molecule has 1 rings (SSSR count). The summed E-state index contributed by atoms with van der Waals surface area (Å²) >= 11 is 11.0. The van der Waals surface area contributed by atoms with Crippen molar-refractivity contribution in [2.75, 3.05) is 11.9 Å². The fourth-order valence-electron chi connectivity index (χ4n) is 1.52. The van der Waals surface area contributed by atoms with Crippen molar-refractivity contribution in [1.82, 2.24) is 5.32 Å². The Morgan fingerprint density at radius 2 is 2.11 bits per heavy atom. The third kappa shape index (κ3) is 7.64. The normalized spacial score (nSPS) is 9.95. The second kappa shape index (κ2) is 8.72. The number of unbranched alkanes of at least 4 members (excludes halogenated alkanes) is 2. The number of carbonyl (C=O) groups is 1. The number of rotatable bonds is 7. The van der Waals surface area contributed by atoms with E-state index in [1.807, 2.05) is 12.1 Å². The van der Waals surface area contributed by atoms with Crippen LogP contribution < -0.4 is 10.6 Å². The molecule has 0 saturated heterocycles. The molecule has 0 heterocycles. The van der Waals surface area contributed by atoms with Crippen molar-refractivity contribution < 1.29 is 9.90 Å². The summed E-state index contributed by atoms with van der Waals surface area (Å²) in [6.45, 7) is 0.728. The van der Waals surface area contributed by atoms with Gasteiger partial charge in [-0.05, 0) is 43.3 Å². The molecule has 6 heteroatoms. The molecule has 104 valence electrons. The van der Waals surface area contributed by atoms with E-state index in [4.69, 9.17) is 28.9 Å². The van der Waals surface area contributed by atoms with Crippen molar-refractivity contribution in [2.24, 2.45) is 0 Å². The molecule has 0 amide bonds. The van der Waals surface area contributed by atoms with Gasteiger partial charge in [0.25, 0.3) is 0 Å². The van der Waals surface area contributed by atoms with E-state index in [0.717, 1.165) is 25.1 Å². The highest BCUT2D eigenvalue weighted by atomic mass is 35.5. The van der Waals surface area contributed by atoms with Gasteiger partial charge in [-0.3, -0.25) is 4.79 Å². The Hall–Kier alpha value is -1.33. The average Bonchev–Trinajstić information content (AvgIpc) is 2.33. The second-order valence-corrected chi connectivity index (χ2v) is 4.94. The van der Waals surface area contributed by atoms with Crippen LogP contribution in [-0.4, -0.2) is 22.7 Å². The smallest absolute Gasteiger partial charge is 0.303 e. The minimum atomic E-state index is -0.744. The molecule has 0 spiro atoms. The summed E-state index contributed by atoms with van der Waals surface area (Å²) in [6, 6.07) is 7.32. The molecule has 0 aromatic heterocycles. The van der Waals surface area contributed by atoms with Gasteiger partial charge in [-0.2, -0.15) is 0 Å². The topological polar surface area (TPSA) is 61.4 Å². The van der Waals surface area contributed by atoms with E-state index in [0.29, 0.717) is 16.6 Å². The van der Waals surface area contributed by atoms with E-state index < -0.39 is 5.97 Å². The molecule has 0 aliphatic rings. The SMILES string of the molecule is O=C(O)CCCCCNC(=S)Nc1cccc(Cl)c1. The maximum atomic E-state index is 10.3. The molecule has 3 N–H and O–H groups in total. The van der Waals surface area contributed by atoms with Gasteiger partial charge in [-0.25, -0.2) is 0 Å². The van der Waals surface area contributed by atoms with Crippen molar-refractivity contribution in [1.29, 1.82) is 0 Å². The van der Waals surface area contributed by atoms with Crippen LogP contribution in [0.1, 0.15) is 25.7 Å². The summed E-state index contributed by atoms with van der Waals surface area (Å²) in [5, 5.41) is 15.8. The predicted octanol–water partition coefficient (Wildman–Crippen LogP) is 3.27. The molecule has 0 radical (unpaired) electrons. The van der Waals surface area contributed by atoms with E-state index in [-0.39, 0.29) is 6.42 Å². The molecule has 0 aliphatic heterocycles. The van der Waals surface area contributed by atoms with Gasteiger partial charge in [-0.1, -0.05) is 24.1 Å². The number of aliphatic carboxylic acids is 1. The molecule has 19 heavy (non-hydrogen) atoms. The third-order valence-electron chi connectivity index (χ3n) is 2.44. The van der Waals surface area contributed by atoms with Crippen molar-refractivity contribution in [3.8, 4) is 0 Å². The molecule has 1 aromatic carbocycles. The average molecular weight is 301 g/mol. The van der Waals surface area contributed by atoms with Crippen molar-refractivity contribution in [2.45, 2.75) is 25.7 Å². The van der Waals surface area contributed by atoms with E-state index in [1.165, 1.54) is 0 Å². The molecular weight excluding hydrogens is 284 g/mol. The molecule has 4 nitrogen and oxygen atoms in total. The number of nitrogens with one attached hydrogen (secondary N) is 2. The van der Waals surface area contributed by atoms with Crippen LogP contribution >= 0.6 is 23.8 Å². The number of carboxylic acid groups (broad SMARTS) is 1. The maximum absolute atomic E-state index is 10.3. The molecule has 0 unspecified atom stereocenters. The summed E-state index contributed by atoms with van der Waals surface area (Å²) in [7, 11) is 0. The number of benzene rings is 1. The van der Waals surface area contributed by atoms with Crippen LogP contribution in [0.3, 0.4) is 0 Å². The second-order valence-electron chi connectivity index (χ2n) is 4.10. The van der Waals surface area contributed by atoms with E-state index in [9.17, 15) is 4.79 Å². The van der Waals surface area contributed by atoms with Crippen LogP contribution in [0, 0.1) is 0 Å². The van der Waals surface area contributed by atoms with Crippen LogP contribution in [0.15, 0.2) is 24.3 Å². The lowest BCUT2D eigenvalue weighted by Crippen LogP contribution is -2.29. The summed E-state index contributed by atoms with van der Waals surface area (Å²) < 4.78 is 0. The number of carboxylic acids is 1. The standard InChI is InChI=1S/C13H17ClN2O2S/c14-10-5-4-6-11(9-10)16-13(19)15-8-3-1-2-7-12(17)18/h4-6,9H,1-3,7-8H2,(H,17,18)(H2,15,16,19). The summed E-state index contributed by atoms with van der Waals surface area (Å²) in [4.78, 5) is 10.3. The first-order chi connectivity index (χ1) is 9.08. The molecule has 0 atom stereocenters. The minimum absolute atomic E-state index is 0.227. The van der Waals surface area contributed by atoms with Crippen molar-refractivity contribution >= 4 is 40.6 Å². The van der Waals surface area contributed by atoms with Gasteiger partial charge in [0.15, 0.2) is 5.11 Å². The van der Waals surface area contributed by atoms with Gasteiger partial charge in [0, 0.05) is 23.7 Å². The Labute approximate surface area is 123 Å². The van der Waals surface area contributed by atoms with Crippen LogP contribution in [0.25, 0.3) is 0 Å². The van der Waals surface area contributed by atoms with E-state index >= 15 is 0 Å². The highest BCUT2D eigenvalue weighted by Gasteiger charge is 1.99. The zero-order chi connectivity index (χ0) is 14.1. The number of hydrogen-bond donors (Lipinski definition) is 3. The monoisotopic (exact) mass is 300 g/mol.